The van der Waals surface area contributed by atoms with Crippen LogP contribution in [-0.2, 0) is 7.05 Å². The third-order valence-electron chi connectivity index (χ3n) is 2.96. The molecule has 0 radical (unpaired) electrons. The first kappa shape index (κ1) is 12.2. The summed E-state index contributed by atoms with van der Waals surface area (Å²) >= 11 is 3.36. The Morgan fingerprint density at radius 1 is 1.32 bits per heavy atom. The maximum absolute atomic E-state index is 5.91. The molecule has 3 aromatic rings. The molecule has 3 aromatic heterocycles. The van der Waals surface area contributed by atoms with Gasteiger partial charge in [0, 0.05) is 25.6 Å². The van der Waals surface area contributed by atoms with Gasteiger partial charge in [-0.3, -0.25) is 9.08 Å². The fourth-order valence-corrected chi connectivity index (χ4v) is 2.32. The molecule has 0 N–H and O–H groups in total. The SMILES string of the molecule is Cc1nn(C)c(C)c1Oc1nc(Br)cn2ccnc12. The molecule has 7 heteroatoms. The van der Waals surface area contributed by atoms with Crippen molar-refractivity contribution in [1.29, 1.82) is 0 Å². The van der Waals surface area contributed by atoms with Gasteiger partial charge in [0.1, 0.15) is 10.3 Å². The van der Waals surface area contributed by atoms with E-state index in [-0.39, 0.29) is 0 Å². The molecule has 0 saturated carbocycles. The summed E-state index contributed by atoms with van der Waals surface area (Å²) in [6.45, 7) is 3.86. The van der Waals surface area contributed by atoms with Gasteiger partial charge < -0.3 is 4.74 Å². The molecule has 19 heavy (non-hydrogen) atoms. The van der Waals surface area contributed by atoms with Gasteiger partial charge in [0.15, 0.2) is 5.75 Å². The van der Waals surface area contributed by atoms with E-state index in [0.29, 0.717) is 16.1 Å². The summed E-state index contributed by atoms with van der Waals surface area (Å²) in [5.41, 5.74) is 2.45. The zero-order valence-electron chi connectivity index (χ0n) is 10.8. The van der Waals surface area contributed by atoms with E-state index in [9.17, 15) is 0 Å². The maximum Gasteiger partial charge on any atom is 0.265 e. The van der Waals surface area contributed by atoms with Crippen LogP contribution in [0, 0.1) is 13.8 Å². The molecule has 0 saturated heterocycles. The summed E-state index contributed by atoms with van der Waals surface area (Å²) in [5.74, 6) is 1.18. The van der Waals surface area contributed by atoms with Crippen molar-refractivity contribution in [2.75, 3.05) is 0 Å². The summed E-state index contributed by atoms with van der Waals surface area (Å²) in [5, 5.41) is 4.32. The number of halogens is 1. The first-order valence-electron chi connectivity index (χ1n) is 5.73. The van der Waals surface area contributed by atoms with Gasteiger partial charge in [0.2, 0.25) is 5.65 Å². The zero-order valence-corrected chi connectivity index (χ0v) is 12.3. The molecule has 0 amide bonds. The minimum Gasteiger partial charge on any atom is -0.432 e. The molecule has 0 aliphatic carbocycles. The predicted molar refractivity (Wildman–Crippen MR) is 73.4 cm³/mol. The number of aromatic nitrogens is 5. The third kappa shape index (κ3) is 1.99. The number of aryl methyl sites for hydroxylation is 2. The van der Waals surface area contributed by atoms with Crippen molar-refractivity contribution in [2.24, 2.45) is 7.05 Å². The van der Waals surface area contributed by atoms with Crippen LogP contribution in [0.4, 0.5) is 0 Å². The Morgan fingerprint density at radius 2 is 2.11 bits per heavy atom. The van der Waals surface area contributed by atoms with Gasteiger partial charge in [-0.25, -0.2) is 9.97 Å². The molecule has 0 aromatic carbocycles. The molecule has 3 rings (SSSR count). The number of imidazole rings is 1. The minimum atomic E-state index is 0.457. The lowest BCUT2D eigenvalue weighted by Gasteiger charge is -2.06. The number of hydrogen-bond donors (Lipinski definition) is 0. The first-order chi connectivity index (χ1) is 9.06. The summed E-state index contributed by atoms with van der Waals surface area (Å²) < 4.78 is 10.2. The van der Waals surface area contributed by atoms with E-state index in [0.717, 1.165) is 17.1 Å². The highest BCUT2D eigenvalue weighted by molar-refractivity contribution is 9.10. The van der Waals surface area contributed by atoms with E-state index >= 15 is 0 Å². The molecule has 0 fully saturated rings. The Labute approximate surface area is 118 Å². The van der Waals surface area contributed by atoms with Crippen molar-refractivity contribution in [3.8, 4) is 11.6 Å². The lowest BCUT2D eigenvalue weighted by atomic mass is 10.3. The lowest BCUT2D eigenvalue weighted by molar-refractivity contribution is 0.456. The Bertz CT molecular complexity index is 761. The number of ether oxygens (including phenoxy) is 1. The van der Waals surface area contributed by atoms with E-state index in [4.69, 9.17) is 4.74 Å². The van der Waals surface area contributed by atoms with E-state index in [2.05, 4.69) is 31.0 Å². The molecule has 98 valence electrons. The molecule has 0 unspecified atom stereocenters. The number of rotatable bonds is 2. The van der Waals surface area contributed by atoms with E-state index < -0.39 is 0 Å². The number of hydrogen-bond acceptors (Lipinski definition) is 4. The second-order valence-electron chi connectivity index (χ2n) is 4.25. The minimum absolute atomic E-state index is 0.457. The topological polar surface area (TPSA) is 57.2 Å². The summed E-state index contributed by atoms with van der Waals surface area (Å²) in [4.78, 5) is 8.58. The molecule has 0 aliphatic rings. The fourth-order valence-electron chi connectivity index (χ4n) is 1.94. The predicted octanol–water partition coefficient (Wildman–Crippen LogP) is 2.63. The molecule has 0 aliphatic heterocycles. The Balaban J connectivity index is 2.12. The van der Waals surface area contributed by atoms with Gasteiger partial charge in [-0.2, -0.15) is 5.10 Å². The maximum atomic E-state index is 5.91. The first-order valence-corrected chi connectivity index (χ1v) is 6.53. The van der Waals surface area contributed by atoms with E-state index in [1.807, 2.05) is 37.7 Å². The highest BCUT2D eigenvalue weighted by Crippen LogP contribution is 2.29. The van der Waals surface area contributed by atoms with Crippen LogP contribution in [0.25, 0.3) is 5.65 Å². The van der Waals surface area contributed by atoms with Gasteiger partial charge in [0.25, 0.3) is 5.88 Å². The molecule has 0 bridgehead atoms. The van der Waals surface area contributed by atoms with Crippen molar-refractivity contribution in [2.45, 2.75) is 13.8 Å². The molecule has 0 spiro atoms. The zero-order chi connectivity index (χ0) is 13.6. The van der Waals surface area contributed by atoms with Crippen LogP contribution < -0.4 is 4.74 Å². The highest BCUT2D eigenvalue weighted by Gasteiger charge is 2.15. The van der Waals surface area contributed by atoms with Crippen LogP contribution in [0.1, 0.15) is 11.4 Å². The summed E-state index contributed by atoms with van der Waals surface area (Å²) in [7, 11) is 1.88. The van der Waals surface area contributed by atoms with Crippen LogP contribution in [-0.4, -0.2) is 24.1 Å². The normalized spacial score (nSPS) is 11.2. The Kier molecular flexibility index (Phi) is 2.78. The second kappa shape index (κ2) is 4.34. The number of fused-ring (bicyclic) bond motifs is 1. The molecular formula is C12H12BrN5O. The average Bonchev–Trinajstić information content (AvgIpc) is 2.90. The van der Waals surface area contributed by atoms with Crippen LogP contribution in [0.5, 0.6) is 11.6 Å². The average molecular weight is 322 g/mol. The third-order valence-corrected chi connectivity index (χ3v) is 3.34. The van der Waals surface area contributed by atoms with Crippen molar-refractivity contribution < 1.29 is 4.74 Å². The van der Waals surface area contributed by atoms with Gasteiger partial charge in [-0.15, -0.1) is 0 Å². The van der Waals surface area contributed by atoms with Gasteiger partial charge >= 0.3 is 0 Å². The van der Waals surface area contributed by atoms with Crippen molar-refractivity contribution in [3.05, 3.63) is 34.6 Å². The van der Waals surface area contributed by atoms with Crippen molar-refractivity contribution in [1.82, 2.24) is 24.1 Å². The number of nitrogens with zero attached hydrogens (tertiary/aromatic N) is 5. The van der Waals surface area contributed by atoms with Gasteiger partial charge in [0.05, 0.1) is 5.69 Å². The smallest absolute Gasteiger partial charge is 0.265 e. The van der Waals surface area contributed by atoms with E-state index in [1.54, 1.807) is 10.9 Å². The van der Waals surface area contributed by atoms with Crippen molar-refractivity contribution in [3.63, 3.8) is 0 Å². The largest absolute Gasteiger partial charge is 0.432 e. The lowest BCUT2D eigenvalue weighted by Crippen LogP contribution is -1.97. The van der Waals surface area contributed by atoms with Crippen LogP contribution in [0.3, 0.4) is 0 Å². The second-order valence-corrected chi connectivity index (χ2v) is 5.06. The van der Waals surface area contributed by atoms with Gasteiger partial charge in [-0.1, -0.05) is 0 Å². The van der Waals surface area contributed by atoms with Crippen LogP contribution >= 0.6 is 15.9 Å². The standard InChI is InChI=1S/C12H12BrN5O/c1-7-10(8(2)17(3)16-7)19-12-11-14-4-5-18(11)6-9(13)15-12/h4-6H,1-3H3. The molecule has 6 nitrogen and oxygen atoms in total. The summed E-state index contributed by atoms with van der Waals surface area (Å²) in [6.07, 6.45) is 5.38. The van der Waals surface area contributed by atoms with Gasteiger partial charge in [-0.05, 0) is 29.8 Å². The van der Waals surface area contributed by atoms with Crippen LogP contribution in [0.15, 0.2) is 23.2 Å². The monoisotopic (exact) mass is 321 g/mol. The molecular weight excluding hydrogens is 310 g/mol. The Morgan fingerprint density at radius 3 is 2.79 bits per heavy atom. The van der Waals surface area contributed by atoms with Crippen LogP contribution in [0.2, 0.25) is 0 Å². The molecule has 3 heterocycles. The quantitative estimate of drug-likeness (QED) is 0.728. The van der Waals surface area contributed by atoms with Crippen molar-refractivity contribution >= 4 is 21.6 Å². The molecule has 0 atom stereocenters. The summed E-state index contributed by atoms with van der Waals surface area (Å²) in [6, 6.07) is 0. The van der Waals surface area contributed by atoms with E-state index in [1.165, 1.54) is 0 Å². The highest BCUT2D eigenvalue weighted by atomic mass is 79.9. The Hall–Kier alpha value is -1.89. The fraction of sp³-hybridized carbons (Fsp3) is 0.250.